The number of nitrogens with zero attached hydrogens (tertiary/aromatic N) is 4. The molecule has 0 bridgehead atoms. The zero-order chi connectivity index (χ0) is 17.8. The molecule has 0 aliphatic heterocycles. The van der Waals surface area contributed by atoms with E-state index in [1.54, 1.807) is 0 Å². The molecule has 2 aromatic carbocycles. The fourth-order valence-corrected chi connectivity index (χ4v) is 3.29. The summed E-state index contributed by atoms with van der Waals surface area (Å²) in [5.74, 6) is 0. The molecule has 0 saturated heterocycles. The highest BCUT2D eigenvalue weighted by atomic mass is 79.9. The van der Waals surface area contributed by atoms with Crippen molar-refractivity contribution >= 4 is 12.2 Å². The summed E-state index contributed by atoms with van der Waals surface area (Å²) < 4.78 is 9.35. The highest BCUT2D eigenvalue weighted by Gasteiger charge is 2.07. The van der Waals surface area contributed by atoms with E-state index >= 15 is 0 Å². The minimum atomic E-state index is 0. The van der Waals surface area contributed by atoms with E-state index in [0.717, 1.165) is 17.9 Å². The Balaban J connectivity index is 0.00000210. The first kappa shape index (κ1) is 19.3. The van der Waals surface area contributed by atoms with Crippen molar-refractivity contribution in [2.75, 3.05) is 0 Å². The van der Waals surface area contributed by atoms with Crippen molar-refractivity contribution in [1.82, 2.24) is 13.7 Å². The number of hydrogen-bond donors (Lipinski definition) is 0. The summed E-state index contributed by atoms with van der Waals surface area (Å²) in [4.78, 5) is 0. The van der Waals surface area contributed by atoms with Crippen molar-refractivity contribution in [3.63, 3.8) is 0 Å². The van der Waals surface area contributed by atoms with Crippen LogP contribution in [0.15, 0.2) is 91.8 Å². The van der Waals surface area contributed by atoms with Crippen LogP contribution in [0.4, 0.5) is 0 Å². The zero-order valence-electron chi connectivity index (χ0n) is 14.9. The van der Waals surface area contributed by atoms with E-state index in [1.807, 2.05) is 18.3 Å². The number of rotatable bonds is 6. The van der Waals surface area contributed by atoms with Crippen LogP contribution in [0.5, 0.6) is 0 Å². The molecule has 0 aliphatic rings. The third-order valence-corrected chi connectivity index (χ3v) is 4.85. The molecular formula is C21H21BrN4S. The zero-order valence-corrected chi connectivity index (χ0v) is 17.3. The van der Waals surface area contributed by atoms with Gasteiger partial charge in [0.05, 0.1) is 0 Å². The maximum Gasteiger partial charge on any atom is 0.245 e. The van der Waals surface area contributed by atoms with E-state index in [-0.39, 0.29) is 17.0 Å². The van der Waals surface area contributed by atoms with Crippen LogP contribution in [-0.2, 0) is 19.8 Å². The topological polar surface area (TPSA) is 18.7 Å². The van der Waals surface area contributed by atoms with Gasteiger partial charge in [-0.2, -0.15) is 0 Å². The van der Waals surface area contributed by atoms with Crippen molar-refractivity contribution in [3.05, 3.63) is 108 Å². The van der Waals surface area contributed by atoms with E-state index in [4.69, 9.17) is 12.2 Å². The average Bonchev–Trinajstić information content (AvgIpc) is 3.25. The maximum atomic E-state index is 5.64. The SMILES string of the molecule is S=c1n(Cc2ccccc2)ccn1C[n+]1ccn(Cc2ccccc2)c1.[Br-]. The molecule has 4 rings (SSSR count). The number of halogens is 1. The smallest absolute Gasteiger partial charge is 0.245 e. The van der Waals surface area contributed by atoms with E-state index in [9.17, 15) is 0 Å². The summed E-state index contributed by atoms with van der Waals surface area (Å²) in [6.45, 7) is 2.38. The molecule has 2 aromatic heterocycles. The van der Waals surface area contributed by atoms with Crippen LogP contribution in [0.25, 0.3) is 0 Å². The molecule has 0 fully saturated rings. The molecule has 0 unspecified atom stereocenters. The van der Waals surface area contributed by atoms with Gasteiger partial charge in [0.25, 0.3) is 0 Å². The molecule has 0 saturated carbocycles. The summed E-state index contributed by atoms with van der Waals surface area (Å²) in [7, 11) is 0. The second kappa shape index (κ2) is 8.97. The van der Waals surface area contributed by atoms with Gasteiger partial charge in [-0.1, -0.05) is 60.7 Å². The molecule has 4 aromatic rings. The third kappa shape index (κ3) is 4.84. The summed E-state index contributed by atoms with van der Waals surface area (Å²) >= 11 is 5.64. The van der Waals surface area contributed by atoms with Crippen LogP contribution in [0, 0.1) is 4.77 Å². The van der Waals surface area contributed by atoms with Gasteiger partial charge < -0.3 is 21.5 Å². The first-order valence-corrected chi connectivity index (χ1v) is 9.07. The Morgan fingerprint density at radius 1 is 0.741 bits per heavy atom. The summed E-state index contributed by atoms with van der Waals surface area (Å²) in [5.41, 5.74) is 2.55. The second-order valence-corrected chi connectivity index (χ2v) is 6.76. The highest BCUT2D eigenvalue weighted by Crippen LogP contribution is 2.05. The summed E-state index contributed by atoms with van der Waals surface area (Å²) in [5, 5.41) is 0. The first-order chi connectivity index (χ1) is 12.8. The number of aromatic nitrogens is 4. The van der Waals surface area contributed by atoms with Crippen LogP contribution in [0.2, 0.25) is 0 Å². The van der Waals surface area contributed by atoms with Crippen molar-refractivity contribution in [1.29, 1.82) is 0 Å². The van der Waals surface area contributed by atoms with Gasteiger partial charge in [-0.15, -0.1) is 0 Å². The van der Waals surface area contributed by atoms with Gasteiger partial charge in [-0.05, 0) is 23.3 Å². The second-order valence-electron chi connectivity index (χ2n) is 6.39. The lowest BCUT2D eigenvalue weighted by Crippen LogP contribution is -3.00. The lowest BCUT2D eigenvalue weighted by molar-refractivity contribution is -0.701. The molecule has 138 valence electrons. The van der Waals surface area contributed by atoms with Crippen LogP contribution in [0.3, 0.4) is 0 Å². The fourth-order valence-electron chi connectivity index (χ4n) is 3.05. The monoisotopic (exact) mass is 440 g/mol. The summed E-state index contributed by atoms with van der Waals surface area (Å²) in [6, 6.07) is 20.9. The Labute approximate surface area is 174 Å². The van der Waals surface area contributed by atoms with Crippen LogP contribution in [0.1, 0.15) is 11.1 Å². The maximum absolute atomic E-state index is 5.64. The molecular weight excluding hydrogens is 420 g/mol. The quantitative estimate of drug-likeness (QED) is 0.319. The lowest BCUT2D eigenvalue weighted by Gasteiger charge is -2.03. The Hall–Kier alpha value is -2.44. The molecule has 4 nitrogen and oxygen atoms in total. The normalized spacial score (nSPS) is 10.5. The van der Waals surface area contributed by atoms with E-state index in [0.29, 0.717) is 6.67 Å². The van der Waals surface area contributed by atoms with E-state index in [1.165, 1.54) is 11.1 Å². The molecule has 0 spiro atoms. The predicted molar refractivity (Wildman–Crippen MR) is 104 cm³/mol. The average molecular weight is 441 g/mol. The van der Waals surface area contributed by atoms with Crippen molar-refractivity contribution < 1.29 is 21.5 Å². The Morgan fingerprint density at radius 2 is 1.33 bits per heavy atom. The molecule has 2 heterocycles. The largest absolute Gasteiger partial charge is 1.00 e. The number of benzene rings is 2. The fraction of sp³-hybridized carbons (Fsp3) is 0.143. The van der Waals surface area contributed by atoms with E-state index in [2.05, 4.69) is 91.7 Å². The van der Waals surface area contributed by atoms with Gasteiger partial charge in [0.15, 0.2) is 11.4 Å². The van der Waals surface area contributed by atoms with Crippen LogP contribution in [-0.4, -0.2) is 13.7 Å². The molecule has 0 amide bonds. The Bertz CT molecular complexity index is 1030. The van der Waals surface area contributed by atoms with Gasteiger partial charge in [-0.25, -0.2) is 9.13 Å². The molecule has 0 atom stereocenters. The lowest BCUT2D eigenvalue weighted by atomic mass is 10.2. The molecule has 27 heavy (non-hydrogen) atoms. The predicted octanol–water partition coefficient (Wildman–Crippen LogP) is 0.714. The van der Waals surface area contributed by atoms with Crippen molar-refractivity contribution in [2.45, 2.75) is 19.8 Å². The molecule has 0 radical (unpaired) electrons. The number of hydrogen-bond acceptors (Lipinski definition) is 1. The first-order valence-electron chi connectivity index (χ1n) is 8.66. The van der Waals surface area contributed by atoms with Gasteiger partial charge in [0.2, 0.25) is 6.33 Å². The Morgan fingerprint density at radius 3 is 2.00 bits per heavy atom. The highest BCUT2D eigenvalue weighted by molar-refractivity contribution is 7.71. The van der Waals surface area contributed by atoms with Crippen molar-refractivity contribution in [3.8, 4) is 0 Å². The third-order valence-electron chi connectivity index (χ3n) is 4.38. The van der Waals surface area contributed by atoms with Gasteiger partial charge in [-0.3, -0.25) is 4.57 Å². The van der Waals surface area contributed by atoms with Gasteiger partial charge in [0.1, 0.15) is 18.9 Å². The van der Waals surface area contributed by atoms with E-state index < -0.39 is 0 Å². The van der Waals surface area contributed by atoms with Crippen LogP contribution >= 0.6 is 12.2 Å². The Kier molecular flexibility index (Phi) is 6.42. The summed E-state index contributed by atoms with van der Waals surface area (Å²) in [6.07, 6.45) is 10.4. The van der Waals surface area contributed by atoms with Gasteiger partial charge >= 0.3 is 0 Å². The molecule has 0 aliphatic carbocycles. The molecule has 0 N–H and O–H groups in total. The minimum absolute atomic E-state index is 0. The van der Waals surface area contributed by atoms with Crippen molar-refractivity contribution in [2.24, 2.45) is 0 Å². The van der Waals surface area contributed by atoms with Crippen LogP contribution < -0.4 is 21.5 Å². The number of imidazole rings is 2. The standard InChI is InChI=1S/C21H21N4S.BrH/c26-21-24(16-20-9-5-2-6-10-20)13-14-25(21)18-23-12-11-22(17-23)15-19-7-3-1-4-8-19;/h1-14,17H,15-16,18H2;1H/q+1;/p-1. The molecule has 6 heteroatoms. The van der Waals surface area contributed by atoms with Gasteiger partial charge in [0, 0.05) is 18.9 Å². The minimum Gasteiger partial charge on any atom is -1.00 e.